The van der Waals surface area contributed by atoms with Crippen LogP contribution in [0.15, 0.2) is 0 Å². The highest BCUT2D eigenvalue weighted by Gasteiger charge is 2.11. The van der Waals surface area contributed by atoms with E-state index in [1.807, 2.05) is 0 Å². The Bertz CT molecular complexity index is 166. The Morgan fingerprint density at radius 1 is 1.57 bits per heavy atom. The number of hydrogen-bond acceptors (Lipinski definition) is 3. The molecule has 3 N–H and O–H groups in total. The van der Waals surface area contributed by atoms with E-state index in [1.165, 1.54) is 0 Å². The van der Waals surface area contributed by atoms with Gasteiger partial charge in [0.25, 0.3) is 0 Å². The molecule has 0 rings (SSSR count). The van der Waals surface area contributed by atoms with E-state index < -0.39 is 15.3 Å². The van der Waals surface area contributed by atoms with Gasteiger partial charge in [-0.25, -0.2) is 18.4 Å². The summed E-state index contributed by atoms with van der Waals surface area (Å²) >= 11 is 0. The molecule has 0 saturated carbocycles. The van der Waals surface area contributed by atoms with Crippen LogP contribution in [0.1, 0.15) is 0 Å². The van der Waals surface area contributed by atoms with Crippen LogP contribution in [0.25, 0.3) is 0 Å². The Balaban J connectivity index is 4.43. The summed E-state index contributed by atoms with van der Waals surface area (Å²) in [6, 6.07) is 0. The number of carboxylic acid groups (broad SMARTS) is 1. The van der Waals surface area contributed by atoms with E-state index in [0.717, 1.165) is 0 Å². The second kappa shape index (κ2) is 1.47. The lowest BCUT2D eigenvalue weighted by Gasteiger charge is -1.80. The molecule has 5 nitrogen and oxygen atoms in total. The fraction of sp³-hybridized carbons (Fsp3) is 0. The molecule has 0 aromatic rings. The highest BCUT2D eigenvalue weighted by atomic mass is 32.2. The minimum absolute atomic E-state index is 2.01. The van der Waals surface area contributed by atoms with E-state index in [0.29, 0.717) is 0 Å². The second-order valence-corrected chi connectivity index (χ2v) is 2.25. The lowest BCUT2D eigenvalue weighted by Crippen LogP contribution is -2.20. The number of rotatable bonds is 0. The molecule has 0 unspecified atom stereocenters. The minimum Gasteiger partial charge on any atom is -0.469 e. The predicted molar refractivity (Wildman–Crippen MR) is 21.1 cm³/mol. The molecule has 0 aliphatic rings. The highest BCUT2D eigenvalue weighted by Crippen LogP contribution is 1.74. The van der Waals surface area contributed by atoms with Crippen molar-refractivity contribution in [2.24, 2.45) is 5.14 Å². The molecular formula is CH3NO4S. The van der Waals surface area contributed by atoms with Gasteiger partial charge < -0.3 is 5.11 Å². The van der Waals surface area contributed by atoms with Crippen molar-refractivity contribution in [2.75, 3.05) is 0 Å². The topological polar surface area (TPSA) is 97.5 Å². The van der Waals surface area contributed by atoms with Crippen LogP contribution in [0.5, 0.6) is 0 Å². The van der Waals surface area contributed by atoms with Crippen LogP contribution in [0.2, 0.25) is 0 Å². The van der Waals surface area contributed by atoms with Gasteiger partial charge >= 0.3 is 15.3 Å². The third kappa shape index (κ3) is 2.12. The van der Waals surface area contributed by atoms with E-state index >= 15 is 0 Å². The van der Waals surface area contributed by atoms with Gasteiger partial charge in [-0.1, -0.05) is 0 Å². The number of nitrogens with two attached hydrogens (primary N) is 1. The molecule has 0 saturated heterocycles. The van der Waals surface area contributed by atoms with Gasteiger partial charge in [0, 0.05) is 0 Å². The maximum Gasteiger partial charge on any atom is 0.437 e. The molecule has 6 heteroatoms. The van der Waals surface area contributed by atoms with Crippen molar-refractivity contribution >= 4 is 15.3 Å². The molecule has 42 valence electrons. The van der Waals surface area contributed by atoms with Crippen molar-refractivity contribution in [3.8, 4) is 0 Å². The number of sulfonamides is 1. The first-order chi connectivity index (χ1) is 2.94. The molecule has 0 radical (unpaired) electrons. The van der Waals surface area contributed by atoms with E-state index in [1.54, 1.807) is 0 Å². The summed E-state index contributed by atoms with van der Waals surface area (Å²) in [7, 11) is -4.32. The first kappa shape index (κ1) is 6.38. The number of primary sulfonamides is 1. The monoisotopic (exact) mass is 125 g/mol. The Morgan fingerprint density at radius 3 is 1.71 bits per heavy atom. The lowest BCUT2D eigenvalue weighted by atomic mass is 11.6. The Morgan fingerprint density at radius 2 is 1.71 bits per heavy atom. The first-order valence-electron chi connectivity index (χ1n) is 1.20. The normalized spacial score (nSPS) is 11.0. The van der Waals surface area contributed by atoms with E-state index in [-0.39, 0.29) is 0 Å². The van der Waals surface area contributed by atoms with Crippen LogP contribution in [-0.2, 0) is 10.0 Å². The maximum atomic E-state index is 9.51. The average molecular weight is 125 g/mol. The van der Waals surface area contributed by atoms with Gasteiger partial charge in [-0.15, -0.1) is 0 Å². The fourth-order valence-corrected chi connectivity index (χ4v) is 0. The predicted octanol–water partition coefficient (Wildman–Crippen LogP) is -1.05. The van der Waals surface area contributed by atoms with Gasteiger partial charge in [-0.05, 0) is 0 Å². The molecule has 0 aromatic carbocycles. The summed E-state index contributed by atoms with van der Waals surface area (Å²) in [5, 5.41) is 9.58. The zero-order chi connectivity index (χ0) is 6.08. The molecule has 0 bridgehead atoms. The number of hydrogen-bond donors (Lipinski definition) is 2. The van der Waals surface area contributed by atoms with Gasteiger partial charge in [0.1, 0.15) is 0 Å². The van der Waals surface area contributed by atoms with Gasteiger partial charge in [0.05, 0.1) is 0 Å². The van der Waals surface area contributed by atoms with Gasteiger partial charge in [0.15, 0.2) is 0 Å². The van der Waals surface area contributed by atoms with Crippen LogP contribution < -0.4 is 5.14 Å². The molecule has 0 fully saturated rings. The summed E-state index contributed by atoms with van der Waals surface area (Å²) in [5.41, 5.74) is 0. The van der Waals surface area contributed by atoms with Crippen molar-refractivity contribution in [1.29, 1.82) is 0 Å². The summed E-state index contributed by atoms with van der Waals surface area (Å²) in [6.45, 7) is 0. The van der Waals surface area contributed by atoms with Crippen molar-refractivity contribution in [2.45, 2.75) is 0 Å². The molecule has 0 aromatic heterocycles. The summed E-state index contributed by atoms with van der Waals surface area (Å²) in [6.07, 6.45) is 0. The maximum absolute atomic E-state index is 9.51. The summed E-state index contributed by atoms with van der Waals surface area (Å²) in [4.78, 5) is 9.31. The second-order valence-electron chi connectivity index (χ2n) is 0.811. The van der Waals surface area contributed by atoms with E-state index in [4.69, 9.17) is 5.11 Å². The van der Waals surface area contributed by atoms with Crippen LogP contribution in [0.4, 0.5) is 4.79 Å². The quantitative estimate of drug-likeness (QED) is 0.431. The van der Waals surface area contributed by atoms with Crippen LogP contribution in [0, 0.1) is 0 Å². The molecule has 0 spiro atoms. The van der Waals surface area contributed by atoms with Crippen molar-refractivity contribution in [3.05, 3.63) is 0 Å². The minimum atomic E-state index is -4.32. The molecule has 0 heterocycles. The van der Waals surface area contributed by atoms with Crippen molar-refractivity contribution in [3.63, 3.8) is 0 Å². The van der Waals surface area contributed by atoms with Crippen LogP contribution in [-0.4, -0.2) is 18.8 Å². The third-order valence-electron chi connectivity index (χ3n) is 0.243. The molecule has 7 heavy (non-hydrogen) atoms. The zero-order valence-electron chi connectivity index (χ0n) is 3.16. The Hall–Kier alpha value is -0.620. The SMILES string of the molecule is NS(=O)(=O)C(=O)O. The van der Waals surface area contributed by atoms with E-state index in [2.05, 4.69) is 5.14 Å². The number of carbonyl (C=O) groups is 1. The summed E-state index contributed by atoms with van der Waals surface area (Å²) < 4.78 is 19.0. The van der Waals surface area contributed by atoms with Gasteiger partial charge in [-0.2, -0.15) is 0 Å². The standard InChI is InChI=1S/CH3NO4S/c2-7(5,6)1(3)4/h(H,3,4)(H2,2,5,6). The smallest absolute Gasteiger partial charge is 0.437 e. The van der Waals surface area contributed by atoms with Gasteiger partial charge in [0.2, 0.25) is 0 Å². The molecule has 0 aliphatic carbocycles. The average Bonchev–Trinajstić information content (AvgIpc) is 1.31. The first-order valence-corrected chi connectivity index (χ1v) is 2.75. The third-order valence-corrected chi connectivity index (χ3v) is 0.730. The fourth-order valence-electron chi connectivity index (χ4n) is 0. The summed E-state index contributed by atoms with van der Waals surface area (Å²) in [5.74, 6) is 0. The van der Waals surface area contributed by atoms with Crippen molar-refractivity contribution in [1.82, 2.24) is 0 Å². The lowest BCUT2D eigenvalue weighted by molar-refractivity contribution is 0.219. The molecular weight excluding hydrogens is 122 g/mol. The molecule has 0 atom stereocenters. The van der Waals surface area contributed by atoms with Gasteiger partial charge in [-0.3, -0.25) is 0 Å². The highest BCUT2D eigenvalue weighted by molar-refractivity contribution is 8.03. The zero-order valence-corrected chi connectivity index (χ0v) is 3.97. The molecule has 0 aliphatic heterocycles. The largest absolute Gasteiger partial charge is 0.469 e. The van der Waals surface area contributed by atoms with E-state index in [9.17, 15) is 13.2 Å². The van der Waals surface area contributed by atoms with Crippen LogP contribution in [0.3, 0.4) is 0 Å². The molecule has 0 amide bonds. The van der Waals surface area contributed by atoms with Crippen molar-refractivity contribution < 1.29 is 18.3 Å². The Kier molecular flexibility index (Phi) is 1.34. The van der Waals surface area contributed by atoms with Crippen LogP contribution >= 0.6 is 0 Å². The Labute approximate surface area is 39.8 Å².